The fourth-order valence-electron chi connectivity index (χ4n) is 6.93. The maximum atomic E-state index is 13.9. The van der Waals surface area contributed by atoms with Crippen molar-refractivity contribution in [3.63, 3.8) is 0 Å². The molecule has 0 spiro atoms. The standard InChI is InChI=1S/C44H55ClFN5O5S2/c1-31-27-49(28-34-4-11-36(46)12-5-34)20-21-51(31)44(53)30-56-42-17-10-35(45)24-41(42)48-26-43(52)50(29-40(58)23-33-8-15-38(55-3)16-9-33)19-18-47-25-39(57)22-32-6-13-37(54-2)14-7-32/h4-17,24,31,39-40,47-48,57-58H,18-23,25-30H2,1-3H3/t31-,39?,40?/m1/s1. The number of thiol groups is 2. The van der Waals surface area contributed by atoms with Gasteiger partial charge in [-0.1, -0.05) is 48.0 Å². The zero-order valence-corrected chi connectivity index (χ0v) is 36.0. The molecule has 1 aliphatic rings. The molecular formula is C44H55ClFN5O5S2. The molecule has 14 heteroatoms. The van der Waals surface area contributed by atoms with Crippen molar-refractivity contribution in [1.82, 2.24) is 20.0 Å². The Morgan fingerprint density at radius 2 is 1.50 bits per heavy atom. The van der Waals surface area contributed by atoms with E-state index in [0.29, 0.717) is 75.2 Å². The van der Waals surface area contributed by atoms with Crippen LogP contribution in [0.4, 0.5) is 10.1 Å². The highest BCUT2D eigenvalue weighted by Crippen LogP contribution is 2.28. The summed E-state index contributed by atoms with van der Waals surface area (Å²) in [7, 11) is 3.29. The third-order valence-corrected chi connectivity index (χ3v) is 11.0. The molecule has 2 unspecified atom stereocenters. The summed E-state index contributed by atoms with van der Waals surface area (Å²) in [4.78, 5) is 33.1. The summed E-state index contributed by atoms with van der Waals surface area (Å²) in [5.41, 5.74) is 3.81. The third kappa shape index (κ3) is 14.3. The molecule has 4 aromatic rings. The van der Waals surface area contributed by atoms with E-state index < -0.39 is 0 Å². The van der Waals surface area contributed by atoms with Gasteiger partial charge in [0, 0.05) is 73.9 Å². The molecule has 3 atom stereocenters. The van der Waals surface area contributed by atoms with Crippen LogP contribution in [-0.4, -0.2) is 116 Å². The van der Waals surface area contributed by atoms with Crippen molar-refractivity contribution in [3.05, 3.63) is 119 Å². The Hall–Kier alpha value is -4.14. The number of rotatable bonds is 21. The van der Waals surface area contributed by atoms with Gasteiger partial charge in [0.25, 0.3) is 5.91 Å². The summed E-state index contributed by atoms with van der Waals surface area (Å²) in [6, 6.07) is 27.4. The first-order valence-corrected chi connectivity index (χ1v) is 20.9. The van der Waals surface area contributed by atoms with Crippen molar-refractivity contribution in [2.45, 2.75) is 42.9 Å². The number of amides is 2. The van der Waals surface area contributed by atoms with Crippen LogP contribution in [0, 0.1) is 5.82 Å². The number of methoxy groups -OCH3 is 2. The Labute approximate surface area is 358 Å². The van der Waals surface area contributed by atoms with Crippen LogP contribution >= 0.6 is 36.9 Å². The molecule has 4 aromatic carbocycles. The first-order valence-electron chi connectivity index (χ1n) is 19.5. The van der Waals surface area contributed by atoms with Gasteiger partial charge in [0.2, 0.25) is 5.91 Å². The largest absolute Gasteiger partial charge is 0.497 e. The van der Waals surface area contributed by atoms with Crippen LogP contribution in [0.25, 0.3) is 0 Å². The van der Waals surface area contributed by atoms with Crippen LogP contribution in [0.5, 0.6) is 17.2 Å². The van der Waals surface area contributed by atoms with Gasteiger partial charge in [-0.2, -0.15) is 25.3 Å². The zero-order chi connectivity index (χ0) is 41.4. The van der Waals surface area contributed by atoms with E-state index in [1.165, 1.54) is 17.7 Å². The molecule has 1 aliphatic heterocycles. The van der Waals surface area contributed by atoms with Gasteiger partial charge in [0.1, 0.15) is 23.1 Å². The maximum Gasteiger partial charge on any atom is 0.260 e. The molecule has 2 N–H and O–H groups in total. The minimum absolute atomic E-state index is 0.0204. The minimum atomic E-state index is -0.257. The average molecular weight is 853 g/mol. The molecule has 0 radical (unpaired) electrons. The Morgan fingerprint density at radius 1 is 0.879 bits per heavy atom. The second-order valence-corrected chi connectivity index (χ2v) is 16.4. The number of carbonyl (C=O) groups is 2. The Balaban J connectivity index is 1.15. The normalized spacial score (nSPS) is 15.4. The topological polar surface area (TPSA) is 95.6 Å². The van der Waals surface area contributed by atoms with Crippen LogP contribution in [0.1, 0.15) is 23.6 Å². The summed E-state index contributed by atoms with van der Waals surface area (Å²) in [6.07, 6.45) is 1.46. The molecule has 0 aliphatic carbocycles. The fraction of sp³-hybridized carbons (Fsp3) is 0.409. The van der Waals surface area contributed by atoms with Crippen molar-refractivity contribution in [1.29, 1.82) is 0 Å². The number of piperazine rings is 1. The molecular weight excluding hydrogens is 797 g/mol. The van der Waals surface area contributed by atoms with E-state index in [2.05, 4.69) is 15.5 Å². The van der Waals surface area contributed by atoms with E-state index >= 15 is 0 Å². The number of benzene rings is 4. The van der Waals surface area contributed by atoms with Gasteiger partial charge >= 0.3 is 0 Å². The van der Waals surface area contributed by atoms with Gasteiger partial charge in [0.05, 0.1) is 26.5 Å². The molecule has 1 saturated heterocycles. The number of hydrogen-bond acceptors (Lipinski definition) is 10. The highest BCUT2D eigenvalue weighted by molar-refractivity contribution is 7.81. The van der Waals surface area contributed by atoms with Crippen molar-refractivity contribution in [2.24, 2.45) is 0 Å². The smallest absolute Gasteiger partial charge is 0.260 e. The average Bonchev–Trinajstić information content (AvgIpc) is 3.22. The first kappa shape index (κ1) is 45.0. The molecule has 10 nitrogen and oxygen atoms in total. The van der Waals surface area contributed by atoms with Gasteiger partial charge in [0.15, 0.2) is 6.61 Å². The summed E-state index contributed by atoms with van der Waals surface area (Å²) in [6.45, 7) is 6.59. The lowest BCUT2D eigenvalue weighted by Gasteiger charge is -2.39. The molecule has 1 heterocycles. The lowest BCUT2D eigenvalue weighted by atomic mass is 10.1. The molecule has 0 saturated carbocycles. The van der Waals surface area contributed by atoms with Gasteiger partial charge in [-0.05, 0) is 91.1 Å². The highest BCUT2D eigenvalue weighted by atomic mass is 35.5. The van der Waals surface area contributed by atoms with Crippen LogP contribution in [0.2, 0.25) is 5.02 Å². The van der Waals surface area contributed by atoms with Gasteiger partial charge in [-0.25, -0.2) is 4.39 Å². The minimum Gasteiger partial charge on any atom is -0.497 e. The van der Waals surface area contributed by atoms with E-state index in [1.807, 2.05) is 65.3 Å². The van der Waals surface area contributed by atoms with E-state index in [0.717, 1.165) is 29.0 Å². The first-order chi connectivity index (χ1) is 28.0. The number of nitrogens with zero attached hydrogens (tertiary/aromatic N) is 3. The summed E-state index contributed by atoms with van der Waals surface area (Å²) in [5, 5.41) is 7.12. The molecule has 0 aromatic heterocycles. The van der Waals surface area contributed by atoms with Crippen LogP contribution in [0.3, 0.4) is 0 Å². The van der Waals surface area contributed by atoms with Gasteiger partial charge < -0.3 is 34.6 Å². The molecule has 1 fully saturated rings. The van der Waals surface area contributed by atoms with Crippen LogP contribution in [-0.2, 0) is 29.0 Å². The van der Waals surface area contributed by atoms with Crippen molar-refractivity contribution < 1.29 is 28.2 Å². The quantitative estimate of drug-likeness (QED) is 0.0557. The zero-order valence-electron chi connectivity index (χ0n) is 33.4. The molecule has 58 heavy (non-hydrogen) atoms. The summed E-state index contributed by atoms with van der Waals surface area (Å²) >= 11 is 16.1. The van der Waals surface area contributed by atoms with Crippen LogP contribution in [0.15, 0.2) is 91.0 Å². The van der Waals surface area contributed by atoms with Crippen LogP contribution < -0.4 is 24.8 Å². The monoisotopic (exact) mass is 851 g/mol. The number of carbonyl (C=O) groups excluding carboxylic acids is 2. The summed E-state index contributed by atoms with van der Waals surface area (Å²) < 4.78 is 30.0. The molecule has 312 valence electrons. The Kier molecular flexibility index (Phi) is 17.7. The second-order valence-electron chi connectivity index (χ2n) is 14.5. The summed E-state index contributed by atoms with van der Waals surface area (Å²) in [5.74, 6) is 1.51. The lowest BCUT2D eigenvalue weighted by Crippen LogP contribution is -2.54. The highest BCUT2D eigenvalue weighted by Gasteiger charge is 2.28. The fourth-order valence-corrected chi connectivity index (χ4v) is 7.85. The van der Waals surface area contributed by atoms with Crippen molar-refractivity contribution in [2.75, 3.05) is 78.5 Å². The number of halogens is 2. The number of nitrogens with one attached hydrogen (secondary N) is 2. The van der Waals surface area contributed by atoms with Crippen molar-refractivity contribution in [3.8, 4) is 17.2 Å². The maximum absolute atomic E-state index is 13.9. The van der Waals surface area contributed by atoms with E-state index in [9.17, 15) is 14.0 Å². The van der Waals surface area contributed by atoms with E-state index in [1.54, 1.807) is 44.6 Å². The van der Waals surface area contributed by atoms with E-state index in [-0.39, 0.29) is 47.3 Å². The van der Waals surface area contributed by atoms with Gasteiger partial charge in [-0.15, -0.1) is 0 Å². The van der Waals surface area contributed by atoms with E-state index in [4.69, 9.17) is 51.1 Å². The number of hydrogen-bond donors (Lipinski definition) is 4. The third-order valence-electron chi connectivity index (χ3n) is 10.1. The molecule has 5 rings (SSSR count). The molecule has 2 amide bonds. The predicted molar refractivity (Wildman–Crippen MR) is 237 cm³/mol. The molecule has 0 bridgehead atoms. The second kappa shape index (κ2) is 22.9. The Morgan fingerprint density at radius 3 is 2.12 bits per heavy atom. The van der Waals surface area contributed by atoms with Gasteiger partial charge in [-0.3, -0.25) is 14.5 Å². The Bertz CT molecular complexity index is 1890. The number of anilines is 1. The predicted octanol–water partition coefficient (Wildman–Crippen LogP) is 6.52. The number of ether oxygens (including phenoxy) is 3. The van der Waals surface area contributed by atoms with Crippen molar-refractivity contribution >= 4 is 54.4 Å². The SMILES string of the molecule is COc1ccc(CC(S)CNCCN(CC(S)Cc2ccc(OC)cc2)C(=O)CNc2cc(Cl)ccc2OCC(=O)N2CCN(Cc3ccc(F)cc3)C[C@H]2C)cc1. The lowest BCUT2D eigenvalue weighted by molar-refractivity contribution is -0.138.